The molecule has 0 spiro atoms. The van der Waals surface area contributed by atoms with Crippen molar-refractivity contribution in [3.63, 3.8) is 0 Å². The van der Waals surface area contributed by atoms with Crippen LogP contribution in [0.3, 0.4) is 0 Å². The maximum atomic E-state index is 6.24. The molecule has 1 heterocycles. The highest BCUT2D eigenvalue weighted by Gasteiger charge is 2.21. The molecule has 0 fully saturated rings. The Morgan fingerprint density at radius 3 is 2.90 bits per heavy atom. The first kappa shape index (κ1) is 17.0. The molecular formula is C17H27ClN2S. The van der Waals surface area contributed by atoms with E-state index in [9.17, 15) is 0 Å². The van der Waals surface area contributed by atoms with Gasteiger partial charge in [-0.2, -0.15) is 11.8 Å². The second-order valence-corrected chi connectivity index (χ2v) is 7.82. The van der Waals surface area contributed by atoms with Gasteiger partial charge >= 0.3 is 0 Å². The first-order chi connectivity index (χ1) is 10.1. The van der Waals surface area contributed by atoms with Gasteiger partial charge in [-0.25, -0.2) is 0 Å². The van der Waals surface area contributed by atoms with Gasteiger partial charge in [-0.15, -0.1) is 0 Å². The molecule has 1 aromatic rings. The van der Waals surface area contributed by atoms with Crippen LogP contribution in [-0.4, -0.2) is 43.9 Å². The normalized spacial score (nSPS) is 18.7. The molecule has 118 valence electrons. The number of fused-ring (bicyclic) bond motifs is 1. The van der Waals surface area contributed by atoms with E-state index in [0.29, 0.717) is 0 Å². The Morgan fingerprint density at radius 1 is 1.38 bits per heavy atom. The van der Waals surface area contributed by atoms with Gasteiger partial charge < -0.3 is 9.80 Å². The molecule has 0 amide bonds. The van der Waals surface area contributed by atoms with Gasteiger partial charge in [0.1, 0.15) is 0 Å². The number of hydrogen-bond donors (Lipinski definition) is 0. The van der Waals surface area contributed by atoms with Crippen molar-refractivity contribution in [2.45, 2.75) is 37.2 Å². The Kier molecular flexibility index (Phi) is 6.72. The van der Waals surface area contributed by atoms with Gasteiger partial charge in [0.05, 0.1) is 0 Å². The zero-order chi connectivity index (χ0) is 15.2. The van der Waals surface area contributed by atoms with E-state index in [1.807, 2.05) is 6.07 Å². The van der Waals surface area contributed by atoms with Crippen LogP contribution in [0, 0.1) is 0 Å². The third-order valence-electron chi connectivity index (χ3n) is 3.93. The first-order valence-electron chi connectivity index (χ1n) is 7.90. The number of hydrogen-bond acceptors (Lipinski definition) is 3. The topological polar surface area (TPSA) is 6.48 Å². The zero-order valence-electron chi connectivity index (χ0n) is 13.4. The lowest BCUT2D eigenvalue weighted by Crippen LogP contribution is -2.32. The lowest BCUT2D eigenvalue weighted by Gasteiger charge is -2.28. The van der Waals surface area contributed by atoms with Crippen LogP contribution < -0.4 is 4.90 Å². The highest BCUT2D eigenvalue weighted by Crippen LogP contribution is 2.35. The number of halogens is 1. The number of anilines is 1. The van der Waals surface area contributed by atoms with Gasteiger partial charge in [-0.1, -0.05) is 31.0 Å². The number of nitrogens with zero attached hydrogens (tertiary/aromatic N) is 2. The van der Waals surface area contributed by atoms with Crippen molar-refractivity contribution in [2.75, 3.05) is 38.6 Å². The van der Waals surface area contributed by atoms with Gasteiger partial charge in [0.2, 0.25) is 0 Å². The van der Waals surface area contributed by atoms with Crippen LogP contribution in [0.25, 0.3) is 0 Å². The van der Waals surface area contributed by atoms with Crippen LogP contribution in [-0.2, 0) is 5.75 Å². The maximum absolute atomic E-state index is 6.24. The standard InChI is InChI=1S/C17H27ClN2S/c1-4-6-16-12-20(10-5-9-19(2)3)17-11-15(18)8-7-14(17)13-21-16/h7-8,11,16H,4-6,9-10,12-13H2,1-3H3. The number of rotatable bonds is 6. The third kappa shape index (κ3) is 5.08. The van der Waals surface area contributed by atoms with Crippen LogP contribution in [0.15, 0.2) is 18.2 Å². The number of benzene rings is 1. The Hall–Kier alpha value is -0.380. The molecule has 1 aliphatic heterocycles. The average Bonchev–Trinajstić information content (AvgIpc) is 2.59. The van der Waals surface area contributed by atoms with Crippen LogP contribution in [0.2, 0.25) is 5.02 Å². The van der Waals surface area contributed by atoms with Gasteiger partial charge in [0, 0.05) is 34.8 Å². The molecule has 4 heteroatoms. The smallest absolute Gasteiger partial charge is 0.0426 e. The van der Waals surface area contributed by atoms with Crippen molar-refractivity contribution in [1.29, 1.82) is 0 Å². The predicted octanol–water partition coefficient (Wildman–Crippen LogP) is 4.51. The summed E-state index contributed by atoms with van der Waals surface area (Å²) in [7, 11) is 4.28. The summed E-state index contributed by atoms with van der Waals surface area (Å²) in [5.74, 6) is 1.11. The summed E-state index contributed by atoms with van der Waals surface area (Å²) >= 11 is 8.34. The molecule has 2 nitrogen and oxygen atoms in total. The van der Waals surface area contributed by atoms with Crippen LogP contribution in [0.5, 0.6) is 0 Å². The van der Waals surface area contributed by atoms with Crippen molar-refractivity contribution in [3.8, 4) is 0 Å². The monoisotopic (exact) mass is 326 g/mol. The van der Waals surface area contributed by atoms with Crippen LogP contribution >= 0.6 is 23.4 Å². The van der Waals surface area contributed by atoms with Crippen molar-refractivity contribution >= 4 is 29.1 Å². The minimum Gasteiger partial charge on any atom is -0.370 e. The van der Waals surface area contributed by atoms with Crippen LogP contribution in [0.4, 0.5) is 5.69 Å². The van der Waals surface area contributed by atoms with E-state index in [-0.39, 0.29) is 0 Å². The van der Waals surface area contributed by atoms with Crippen molar-refractivity contribution < 1.29 is 0 Å². The molecule has 0 radical (unpaired) electrons. The van der Waals surface area contributed by atoms with E-state index < -0.39 is 0 Å². The predicted molar refractivity (Wildman–Crippen MR) is 96.8 cm³/mol. The average molecular weight is 327 g/mol. The maximum Gasteiger partial charge on any atom is 0.0426 e. The Balaban J connectivity index is 2.13. The van der Waals surface area contributed by atoms with E-state index in [1.165, 1.54) is 30.5 Å². The Bertz CT molecular complexity index is 450. The minimum absolute atomic E-state index is 0.737. The van der Waals surface area contributed by atoms with Crippen molar-refractivity contribution in [1.82, 2.24) is 4.90 Å². The summed E-state index contributed by atoms with van der Waals surface area (Å²) in [5.41, 5.74) is 2.79. The second-order valence-electron chi connectivity index (χ2n) is 6.10. The van der Waals surface area contributed by atoms with Gasteiger partial charge in [0.15, 0.2) is 0 Å². The fraction of sp³-hybridized carbons (Fsp3) is 0.647. The summed E-state index contributed by atoms with van der Waals surface area (Å²) in [6, 6.07) is 6.39. The van der Waals surface area contributed by atoms with E-state index in [4.69, 9.17) is 11.6 Å². The molecule has 1 aliphatic rings. The highest BCUT2D eigenvalue weighted by atomic mass is 35.5. The molecule has 0 saturated heterocycles. The molecule has 1 aromatic carbocycles. The lowest BCUT2D eigenvalue weighted by molar-refractivity contribution is 0.400. The minimum atomic E-state index is 0.737. The summed E-state index contributed by atoms with van der Waals surface area (Å²) < 4.78 is 0. The molecule has 21 heavy (non-hydrogen) atoms. The van der Waals surface area contributed by atoms with E-state index in [1.54, 1.807) is 0 Å². The molecule has 0 bridgehead atoms. The number of thioether (sulfide) groups is 1. The molecule has 2 rings (SSSR count). The SMILES string of the molecule is CCCC1CN(CCCN(C)C)c2cc(Cl)ccc2CS1. The molecule has 1 atom stereocenters. The van der Waals surface area contributed by atoms with Crippen molar-refractivity contribution in [3.05, 3.63) is 28.8 Å². The fourth-order valence-electron chi connectivity index (χ4n) is 2.84. The van der Waals surface area contributed by atoms with Crippen LogP contribution in [0.1, 0.15) is 31.7 Å². The molecule has 0 N–H and O–H groups in total. The quantitative estimate of drug-likeness (QED) is 0.759. The van der Waals surface area contributed by atoms with Gasteiger partial charge in [0.25, 0.3) is 0 Å². The summed E-state index contributed by atoms with van der Waals surface area (Å²) in [5, 5.41) is 1.59. The lowest BCUT2D eigenvalue weighted by atomic mass is 10.1. The molecule has 0 aromatic heterocycles. The van der Waals surface area contributed by atoms with E-state index in [2.05, 4.69) is 54.7 Å². The summed E-state index contributed by atoms with van der Waals surface area (Å²) in [4.78, 5) is 4.82. The van der Waals surface area contributed by atoms with E-state index in [0.717, 1.165) is 35.7 Å². The Labute approximate surface area is 138 Å². The van der Waals surface area contributed by atoms with Gasteiger partial charge in [-0.05, 0) is 51.2 Å². The zero-order valence-corrected chi connectivity index (χ0v) is 15.0. The Morgan fingerprint density at radius 2 is 2.19 bits per heavy atom. The van der Waals surface area contributed by atoms with Crippen molar-refractivity contribution in [2.24, 2.45) is 0 Å². The molecule has 0 aliphatic carbocycles. The highest BCUT2D eigenvalue weighted by molar-refractivity contribution is 7.99. The molecule has 0 saturated carbocycles. The third-order valence-corrected chi connectivity index (χ3v) is 5.50. The van der Waals surface area contributed by atoms with Gasteiger partial charge in [-0.3, -0.25) is 0 Å². The van der Waals surface area contributed by atoms with E-state index >= 15 is 0 Å². The first-order valence-corrected chi connectivity index (χ1v) is 9.32. The molecule has 1 unspecified atom stereocenters. The summed E-state index contributed by atoms with van der Waals surface area (Å²) in [6.45, 7) is 5.69. The largest absolute Gasteiger partial charge is 0.370 e. The second kappa shape index (κ2) is 8.30. The molecular weight excluding hydrogens is 300 g/mol. The fourth-order valence-corrected chi connectivity index (χ4v) is 4.36. The summed E-state index contributed by atoms with van der Waals surface area (Å²) in [6.07, 6.45) is 3.76.